The van der Waals surface area contributed by atoms with Crippen molar-refractivity contribution in [2.45, 2.75) is 116 Å². The minimum absolute atomic E-state index is 0.0281. The molecule has 0 bridgehead atoms. The lowest BCUT2D eigenvalue weighted by Gasteiger charge is -2.62. The fourth-order valence-corrected chi connectivity index (χ4v) is 9.60. The number of hydrogen-bond donors (Lipinski definition) is 1. The zero-order valence-corrected chi connectivity index (χ0v) is 19.6. The van der Waals surface area contributed by atoms with Crippen LogP contribution in [-0.2, 0) is 4.74 Å². The van der Waals surface area contributed by atoms with Gasteiger partial charge in [0.25, 0.3) is 0 Å². The summed E-state index contributed by atoms with van der Waals surface area (Å²) in [7, 11) is 0. The van der Waals surface area contributed by atoms with Crippen molar-refractivity contribution in [2.24, 2.45) is 46.3 Å². The fraction of sp³-hybridized carbons (Fsp3) is 1.00. The van der Waals surface area contributed by atoms with E-state index in [1.54, 1.807) is 0 Å². The minimum Gasteiger partial charge on any atom is -0.393 e. The summed E-state index contributed by atoms with van der Waals surface area (Å²) >= 11 is 0. The average molecular weight is 403 g/mol. The Bertz CT molecular complexity index is 612. The van der Waals surface area contributed by atoms with E-state index in [1.165, 1.54) is 70.6 Å². The molecular weight excluding hydrogens is 356 g/mol. The van der Waals surface area contributed by atoms with Crippen LogP contribution in [-0.4, -0.2) is 23.4 Å². The summed E-state index contributed by atoms with van der Waals surface area (Å²) in [5.74, 6) is 4.87. The van der Waals surface area contributed by atoms with Gasteiger partial charge in [0.15, 0.2) is 0 Å². The Balaban J connectivity index is 1.29. The van der Waals surface area contributed by atoms with E-state index in [0.717, 1.165) is 42.6 Å². The molecule has 4 aliphatic carbocycles. The Morgan fingerprint density at radius 3 is 2.45 bits per heavy atom. The summed E-state index contributed by atoms with van der Waals surface area (Å²) in [6.45, 7) is 11.0. The maximum atomic E-state index is 11.2. The number of rotatable bonds is 5. The summed E-state index contributed by atoms with van der Waals surface area (Å²) in [4.78, 5) is 0. The molecule has 2 nitrogen and oxygen atoms in total. The molecule has 5 rings (SSSR count). The van der Waals surface area contributed by atoms with E-state index >= 15 is 0 Å². The third-order valence-corrected chi connectivity index (χ3v) is 11.4. The van der Waals surface area contributed by atoms with Crippen LogP contribution in [0.25, 0.3) is 0 Å². The molecule has 0 aromatic rings. The first-order chi connectivity index (χ1) is 13.8. The third kappa shape index (κ3) is 3.34. The Morgan fingerprint density at radius 2 is 1.69 bits per heavy atom. The van der Waals surface area contributed by atoms with Gasteiger partial charge in [-0.2, -0.15) is 0 Å². The van der Waals surface area contributed by atoms with Crippen molar-refractivity contribution in [1.82, 2.24) is 0 Å². The number of epoxide rings is 1. The number of fused-ring (bicyclic) bond motifs is 5. The average Bonchev–Trinajstić information content (AvgIpc) is 3.29. The smallest absolute Gasteiger partial charge is 0.0888 e. The minimum atomic E-state index is -0.0281. The molecule has 0 radical (unpaired) electrons. The van der Waals surface area contributed by atoms with Crippen molar-refractivity contribution in [2.75, 3.05) is 6.61 Å². The second-order valence-electron chi connectivity index (χ2n) is 12.9. The molecule has 0 aromatic heterocycles. The van der Waals surface area contributed by atoms with Crippen LogP contribution in [0.5, 0.6) is 0 Å². The summed E-state index contributed by atoms with van der Waals surface area (Å²) in [5.41, 5.74) is 1.17. The maximum absolute atomic E-state index is 11.2. The van der Waals surface area contributed by atoms with Crippen molar-refractivity contribution in [3.05, 3.63) is 0 Å². The molecule has 2 unspecified atom stereocenters. The zero-order chi connectivity index (χ0) is 20.4. The van der Waals surface area contributed by atoms with Gasteiger partial charge >= 0.3 is 0 Å². The quantitative estimate of drug-likeness (QED) is 0.525. The van der Waals surface area contributed by atoms with Gasteiger partial charge in [0.05, 0.1) is 18.3 Å². The Labute approximate surface area is 179 Å². The molecule has 1 aliphatic heterocycles. The van der Waals surface area contributed by atoms with Gasteiger partial charge in [0.2, 0.25) is 0 Å². The molecule has 29 heavy (non-hydrogen) atoms. The second-order valence-corrected chi connectivity index (χ2v) is 12.9. The Hall–Kier alpha value is -0.0800. The molecule has 1 N–H and O–H groups in total. The van der Waals surface area contributed by atoms with Gasteiger partial charge in [-0.3, -0.25) is 0 Å². The molecule has 166 valence electrons. The van der Waals surface area contributed by atoms with Crippen LogP contribution in [0.1, 0.15) is 105 Å². The number of aliphatic hydroxyl groups is 1. The topological polar surface area (TPSA) is 32.8 Å². The lowest BCUT2D eigenvalue weighted by molar-refractivity contribution is -0.159. The molecule has 1 saturated heterocycles. The lowest BCUT2D eigenvalue weighted by atomic mass is 9.44. The highest BCUT2D eigenvalue weighted by molar-refractivity contribution is 5.10. The van der Waals surface area contributed by atoms with Crippen molar-refractivity contribution in [3.63, 3.8) is 0 Å². The standard InChI is InChI=1S/C27H46O2/c1-18(8-7-13-25(2)17-29-25)20-10-11-21-19-16-24(28)23-9-5-6-14-26(23,3)22(19)12-15-27(20,21)4/h18-24,28H,5-17H2,1-4H3/t18-,19+,20-,21+,22+,23?,24+,25?,26-,27-/m1/s1. The van der Waals surface area contributed by atoms with E-state index in [2.05, 4.69) is 27.7 Å². The molecule has 0 amide bonds. The van der Waals surface area contributed by atoms with E-state index in [1.807, 2.05) is 0 Å². The normalized spacial score (nSPS) is 54.9. The Morgan fingerprint density at radius 1 is 0.931 bits per heavy atom. The fourth-order valence-electron chi connectivity index (χ4n) is 9.60. The van der Waals surface area contributed by atoms with Crippen LogP contribution < -0.4 is 0 Å². The maximum Gasteiger partial charge on any atom is 0.0888 e. The molecule has 0 spiro atoms. The molecule has 4 saturated carbocycles. The van der Waals surface area contributed by atoms with E-state index in [-0.39, 0.29) is 11.7 Å². The van der Waals surface area contributed by atoms with E-state index in [9.17, 15) is 5.11 Å². The van der Waals surface area contributed by atoms with Gasteiger partial charge in [0, 0.05) is 0 Å². The van der Waals surface area contributed by atoms with Crippen LogP contribution in [0.4, 0.5) is 0 Å². The van der Waals surface area contributed by atoms with Gasteiger partial charge < -0.3 is 9.84 Å². The lowest BCUT2D eigenvalue weighted by Crippen LogP contribution is -2.57. The van der Waals surface area contributed by atoms with Crippen LogP contribution >= 0.6 is 0 Å². The van der Waals surface area contributed by atoms with Crippen LogP contribution in [0.3, 0.4) is 0 Å². The number of hydrogen-bond acceptors (Lipinski definition) is 2. The molecule has 0 aromatic carbocycles. The summed E-state index contributed by atoms with van der Waals surface area (Å²) in [6.07, 6.45) is 16.2. The monoisotopic (exact) mass is 402 g/mol. The largest absolute Gasteiger partial charge is 0.393 e. The van der Waals surface area contributed by atoms with Crippen molar-refractivity contribution in [1.29, 1.82) is 0 Å². The first kappa shape index (κ1) is 20.8. The van der Waals surface area contributed by atoms with Crippen molar-refractivity contribution < 1.29 is 9.84 Å². The molecule has 1 heterocycles. The van der Waals surface area contributed by atoms with E-state index < -0.39 is 0 Å². The van der Waals surface area contributed by atoms with Crippen LogP contribution in [0, 0.1) is 46.3 Å². The second kappa shape index (κ2) is 7.22. The summed E-state index contributed by atoms with van der Waals surface area (Å²) < 4.78 is 5.61. The Kier molecular flexibility index (Phi) is 5.18. The van der Waals surface area contributed by atoms with Crippen LogP contribution in [0.15, 0.2) is 0 Å². The molecule has 5 aliphatic rings. The van der Waals surface area contributed by atoms with Crippen LogP contribution in [0.2, 0.25) is 0 Å². The summed E-state index contributed by atoms with van der Waals surface area (Å²) in [5, 5.41) is 11.2. The molecule has 10 atom stereocenters. The van der Waals surface area contributed by atoms with Gasteiger partial charge in [-0.05, 0) is 105 Å². The molecule has 2 heteroatoms. The van der Waals surface area contributed by atoms with E-state index in [4.69, 9.17) is 4.74 Å². The van der Waals surface area contributed by atoms with Gasteiger partial charge in [0.1, 0.15) is 0 Å². The van der Waals surface area contributed by atoms with Crippen molar-refractivity contribution >= 4 is 0 Å². The van der Waals surface area contributed by atoms with Gasteiger partial charge in [-0.25, -0.2) is 0 Å². The number of aliphatic hydroxyl groups excluding tert-OH is 1. The first-order valence-electron chi connectivity index (χ1n) is 13.1. The van der Waals surface area contributed by atoms with Crippen molar-refractivity contribution in [3.8, 4) is 0 Å². The summed E-state index contributed by atoms with van der Waals surface area (Å²) in [6, 6.07) is 0. The van der Waals surface area contributed by atoms with Gasteiger partial charge in [-0.1, -0.05) is 46.5 Å². The predicted octanol–water partition coefficient (Wildman–Crippen LogP) is 6.60. The molecular formula is C27H46O2. The highest BCUT2D eigenvalue weighted by atomic mass is 16.6. The predicted molar refractivity (Wildman–Crippen MR) is 119 cm³/mol. The SMILES string of the molecule is C[C@H](CCCC1(C)CO1)[C@H]1CC[C@H]2[C@@H]3C[C@H](O)C4CCCC[C@]4(C)[C@H]3CC[C@]12C. The third-order valence-electron chi connectivity index (χ3n) is 11.4. The highest BCUT2D eigenvalue weighted by Crippen LogP contribution is 2.68. The number of ether oxygens (including phenoxy) is 1. The zero-order valence-electron chi connectivity index (χ0n) is 19.6. The van der Waals surface area contributed by atoms with Gasteiger partial charge in [-0.15, -0.1) is 0 Å². The first-order valence-corrected chi connectivity index (χ1v) is 13.1. The molecule has 5 fully saturated rings. The van der Waals surface area contributed by atoms with E-state index in [0.29, 0.717) is 16.7 Å². The highest BCUT2D eigenvalue weighted by Gasteiger charge is 2.61.